The molecule has 19 heavy (non-hydrogen) atoms. The maximum Gasteiger partial charge on any atom is 0.0309 e. The largest absolute Gasteiger partial charge is 0.310 e. The van der Waals surface area contributed by atoms with E-state index in [-0.39, 0.29) is 0 Å². The quantitative estimate of drug-likeness (QED) is 0.796. The van der Waals surface area contributed by atoms with E-state index in [0.29, 0.717) is 5.54 Å². The van der Waals surface area contributed by atoms with E-state index >= 15 is 0 Å². The average Bonchev–Trinajstić information content (AvgIpc) is 2.80. The number of nitrogens with one attached hydrogen (secondary N) is 1. The number of nitrogens with zero attached hydrogens (tertiary/aromatic N) is 2. The molecule has 0 spiro atoms. The van der Waals surface area contributed by atoms with Crippen molar-refractivity contribution in [3.05, 3.63) is 0 Å². The van der Waals surface area contributed by atoms with Crippen molar-refractivity contribution in [1.82, 2.24) is 15.1 Å². The summed E-state index contributed by atoms with van der Waals surface area (Å²) in [6.45, 7) is 8.74. The van der Waals surface area contributed by atoms with Crippen LogP contribution >= 0.6 is 0 Å². The lowest BCUT2D eigenvalue weighted by atomic mass is 9.89. The molecular formula is C16H33N3. The fraction of sp³-hybridized carbons (Fsp3) is 1.00. The van der Waals surface area contributed by atoms with Gasteiger partial charge in [0.05, 0.1) is 0 Å². The predicted octanol–water partition coefficient (Wildman–Crippen LogP) is 2.18. The Bertz CT molecular complexity index is 251. The van der Waals surface area contributed by atoms with Crippen LogP contribution in [-0.4, -0.2) is 62.2 Å². The molecule has 2 saturated heterocycles. The molecule has 0 aromatic carbocycles. The molecule has 3 heteroatoms. The molecule has 2 aliphatic rings. The van der Waals surface area contributed by atoms with Gasteiger partial charge in [-0.15, -0.1) is 0 Å². The molecule has 0 aliphatic carbocycles. The lowest BCUT2D eigenvalue weighted by molar-refractivity contribution is 0.123. The molecule has 0 radical (unpaired) electrons. The summed E-state index contributed by atoms with van der Waals surface area (Å²) in [5, 5.41) is 3.81. The molecular weight excluding hydrogens is 234 g/mol. The van der Waals surface area contributed by atoms with Crippen LogP contribution in [0.1, 0.15) is 45.4 Å². The van der Waals surface area contributed by atoms with Crippen LogP contribution in [0.25, 0.3) is 0 Å². The lowest BCUT2D eigenvalue weighted by Gasteiger charge is -2.39. The zero-order chi connectivity index (χ0) is 13.7. The lowest BCUT2D eigenvalue weighted by Crippen LogP contribution is -2.51. The molecule has 2 fully saturated rings. The van der Waals surface area contributed by atoms with Gasteiger partial charge in [-0.2, -0.15) is 0 Å². The van der Waals surface area contributed by atoms with Gasteiger partial charge in [-0.3, -0.25) is 0 Å². The van der Waals surface area contributed by atoms with Crippen LogP contribution in [0.2, 0.25) is 0 Å². The highest BCUT2D eigenvalue weighted by Gasteiger charge is 2.35. The van der Waals surface area contributed by atoms with Gasteiger partial charge in [0.1, 0.15) is 0 Å². The number of rotatable bonds is 6. The van der Waals surface area contributed by atoms with Crippen LogP contribution in [-0.2, 0) is 0 Å². The van der Waals surface area contributed by atoms with Crippen molar-refractivity contribution in [1.29, 1.82) is 0 Å². The molecule has 1 atom stereocenters. The first kappa shape index (κ1) is 15.3. The standard InChI is InChI=1S/C16H33N3/c1-4-8-16(9-5-10-17-16)14-19-11-6-15(7-12-19)13-18(2)3/h15,17H,4-14H2,1-3H3. The van der Waals surface area contributed by atoms with E-state index in [4.69, 9.17) is 0 Å². The Hall–Kier alpha value is -0.120. The van der Waals surface area contributed by atoms with Crippen LogP contribution < -0.4 is 5.32 Å². The van der Waals surface area contributed by atoms with E-state index in [1.165, 1.54) is 71.2 Å². The van der Waals surface area contributed by atoms with Gasteiger partial charge in [0.2, 0.25) is 0 Å². The van der Waals surface area contributed by atoms with E-state index < -0.39 is 0 Å². The number of hydrogen-bond donors (Lipinski definition) is 1. The summed E-state index contributed by atoms with van der Waals surface area (Å²) < 4.78 is 0. The first-order valence-corrected chi connectivity index (χ1v) is 8.26. The van der Waals surface area contributed by atoms with Crippen molar-refractivity contribution >= 4 is 0 Å². The van der Waals surface area contributed by atoms with E-state index in [1.807, 2.05) is 0 Å². The molecule has 1 N–H and O–H groups in total. The minimum Gasteiger partial charge on any atom is -0.310 e. The van der Waals surface area contributed by atoms with Crippen molar-refractivity contribution in [3.63, 3.8) is 0 Å². The third-order valence-electron chi connectivity index (χ3n) is 4.92. The fourth-order valence-electron chi connectivity index (χ4n) is 4.05. The van der Waals surface area contributed by atoms with Crippen LogP contribution in [0.5, 0.6) is 0 Å². The van der Waals surface area contributed by atoms with Gasteiger partial charge in [0, 0.05) is 18.6 Å². The van der Waals surface area contributed by atoms with Gasteiger partial charge in [-0.25, -0.2) is 0 Å². The van der Waals surface area contributed by atoms with E-state index in [9.17, 15) is 0 Å². The Kier molecular flexibility index (Phi) is 5.67. The zero-order valence-electron chi connectivity index (χ0n) is 13.2. The summed E-state index contributed by atoms with van der Waals surface area (Å²) in [6.07, 6.45) is 8.20. The second-order valence-electron chi connectivity index (χ2n) is 7.04. The van der Waals surface area contributed by atoms with E-state index in [1.54, 1.807) is 0 Å². The highest BCUT2D eigenvalue weighted by atomic mass is 15.2. The van der Waals surface area contributed by atoms with Gasteiger partial charge in [-0.05, 0) is 71.8 Å². The normalized spacial score (nSPS) is 30.3. The zero-order valence-corrected chi connectivity index (χ0v) is 13.2. The van der Waals surface area contributed by atoms with Gasteiger partial charge in [0.15, 0.2) is 0 Å². The molecule has 1 unspecified atom stereocenters. The molecule has 0 aromatic rings. The van der Waals surface area contributed by atoms with Gasteiger partial charge >= 0.3 is 0 Å². The summed E-state index contributed by atoms with van der Waals surface area (Å²) >= 11 is 0. The number of likely N-dealkylation sites (tertiary alicyclic amines) is 1. The van der Waals surface area contributed by atoms with E-state index in [2.05, 4.69) is 36.1 Å². The second kappa shape index (κ2) is 7.05. The van der Waals surface area contributed by atoms with Crippen LogP contribution in [0.3, 0.4) is 0 Å². The summed E-state index contributed by atoms with van der Waals surface area (Å²) in [5.41, 5.74) is 0.448. The Morgan fingerprint density at radius 2 is 2.00 bits per heavy atom. The number of piperidine rings is 1. The Morgan fingerprint density at radius 1 is 1.26 bits per heavy atom. The van der Waals surface area contributed by atoms with Crippen molar-refractivity contribution in [3.8, 4) is 0 Å². The summed E-state index contributed by atoms with van der Waals surface area (Å²) in [4.78, 5) is 5.07. The van der Waals surface area contributed by atoms with Crippen molar-refractivity contribution in [2.24, 2.45) is 5.92 Å². The maximum atomic E-state index is 3.81. The molecule has 2 rings (SSSR count). The Morgan fingerprint density at radius 3 is 2.53 bits per heavy atom. The van der Waals surface area contributed by atoms with Crippen LogP contribution in [0, 0.1) is 5.92 Å². The molecule has 3 nitrogen and oxygen atoms in total. The Labute approximate surface area is 119 Å². The highest BCUT2D eigenvalue weighted by molar-refractivity contribution is 4.95. The predicted molar refractivity (Wildman–Crippen MR) is 82.6 cm³/mol. The van der Waals surface area contributed by atoms with Gasteiger partial charge in [0.25, 0.3) is 0 Å². The van der Waals surface area contributed by atoms with Crippen molar-refractivity contribution < 1.29 is 0 Å². The van der Waals surface area contributed by atoms with Crippen LogP contribution in [0.15, 0.2) is 0 Å². The first-order chi connectivity index (χ1) is 9.13. The Balaban J connectivity index is 1.78. The van der Waals surface area contributed by atoms with Gasteiger partial charge < -0.3 is 15.1 Å². The monoisotopic (exact) mass is 267 g/mol. The molecule has 0 amide bonds. The van der Waals surface area contributed by atoms with Crippen molar-refractivity contribution in [2.75, 3.05) is 46.8 Å². The smallest absolute Gasteiger partial charge is 0.0309 e. The van der Waals surface area contributed by atoms with Crippen molar-refractivity contribution in [2.45, 2.75) is 51.0 Å². The number of hydrogen-bond acceptors (Lipinski definition) is 3. The highest BCUT2D eigenvalue weighted by Crippen LogP contribution is 2.28. The van der Waals surface area contributed by atoms with Crippen LogP contribution in [0.4, 0.5) is 0 Å². The molecule has 2 heterocycles. The fourth-order valence-corrected chi connectivity index (χ4v) is 4.05. The SMILES string of the molecule is CCCC1(CN2CCC(CN(C)C)CC2)CCCN1. The summed E-state index contributed by atoms with van der Waals surface area (Å²) in [7, 11) is 4.40. The maximum absolute atomic E-state index is 3.81. The topological polar surface area (TPSA) is 18.5 Å². The third kappa shape index (κ3) is 4.44. The molecule has 0 aromatic heterocycles. The second-order valence-corrected chi connectivity index (χ2v) is 7.04. The van der Waals surface area contributed by atoms with Gasteiger partial charge in [-0.1, -0.05) is 13.3 Å². The third-order valence-corrected chi connectivity index (χ3v) is 4.92. The first-order valence-electron chi connectivity index (χ1n) is 8.26. The molecule has 0 bridgehead atoms. The minimum atomic E-state index is 0.448. The summed E-state index contributed by atoms with van der Waals surface area (Å²) in [5.74, 6) is 0.921. The minimum absolute atomic E-state index is 0.448. The molecule has 0 saturated carbocycles. The summed E-state index contributed by atoms with van der Waals surface area (Å²) in [6, 6.07) is 0. The molecule has 112 valence electrons. The average molecular weight is 267 g/mol. The van der Waals surface area contributed by atoms with E-state index in [0.717, 1.165) is 5.92 Å². The molecule has 2 aliphatic heterocycles.